The Labute approximate surface area is 40.8 Å². The average Bonchev–Trinajstić information content (AvgIpc) is 1.35. The molecule has 0 aromatic heterocycles. The molecule has 38 valence electrons. The highest BCUT2D eigenvalue weighted by atomic mass is 35.6. The van der Waals surface area contributed by atoms with E-state index in [1.165, 1.54) is 0 Å². The first-order chi connectivity index (χ1) is 2.77. The van der Waals surface area contributed by atoms with Gasteiger partial charge in [-0.25, -0.2) is 0 Å². The molecule has 0 spiro atoms. The van der Waals surface area contributed by atoms with Crippen LogP contribution < -0.4 is 14.0 Å². The molecule has 0 aliphatic rings. The summed E-state index contributed by atoms with van der Waals surface area (Å²) in [6, 6.07) is 0. The number of hydrogen-bond donors (Lipinski definition) is 0. The van der Waals surface area contributed by atoms with Gasteiger partial charge < -0.3 is 14.0 Å². The van der Waals surface area contributed by atoms with Crippen molar-refractivity contribution in [3.8, 4) is 0 Å². The minimum absolute atomic E-state index is 0.0836. The quantitative estimate of drug-likeness (QED) is 0.391. The summed E-state index contributed by atoms with van der Waals surface area (Å²) >= 11 is -0.0836. The zero-order valence-corrected chi connectivity index (χ0v) is 3.90. The second kappa shape index (κ2) is 3.60. The minimum atomic E-state index is -2.40. The molecule has 0 radical (unpaired) electrons. The standard InChI is InChI=1S/Cl2O4/c3-1-6-2(4)5. The monoisotopic (exact) mass is 134 g/mol. The molecule has 0 N–H and O–H groups in total. The summed E-state index contributed by atoms with van der Waals surface area (Å²) in [5, 5.41) is 0. The zero-order valence-electron chi connectivity index (χ0n) is 2.39. The van der Waals surface area contributed by atoms with E-state index in [1.54, 1.807) is 0 Å². The number of hydrogen-bond acceptors (Lipinski definition) is 4. The van der Waals surface area contributed by atoms with Crippen LogP contribution in [-0.2, 0) is 3.84 Å². The summed E-state index contributed by atoms with van der Waals surface area (Å²) in [7, 11) is -2.40. The van der Waals surface area contributed by atoms with Gasteiger partial charge in [0.2, 0.25) is 0 Å². The molecule has 0 heterocycles. The molecule has 0 aliphatic carbocycles. The van der Waals surface area contributed by atoms with Crippen LogP contribution in [0.25, 0.3) is 0 Å². The van der Waals surface area contributed by atoms with E-state index >= 15 is 0 Å². The van der Waals surface area contributed by atoms with Crippen LogP contribution in [0.3, 0.4) is 0 Å². The molecule has 0 bridgehead atoms. The van der Waals surface area contributed by atoms with Gasteiger partial charge in [0.1, 0.15) is 0 Å². The number of halogens is 2. The van der Waals surface area contributed by atoms with Crippen molar-refractivity contribution in [2.75, 3.05) is 0 Å². The van der Waals surface area contributed by atoms with E-state index in [0.29, 0.717) is 0 Å². The van der Waals surface area contributed by atoms with Crippen LogP contribution in [0.2, 0.25) is 0 Å². The highest BCUT2D eigenvalue weighted by molar-refractivity contribution is 2.31. The second-order valence-corrected chi connectivity index (χ2v) is 1.28. The van der Waals surface area contributed by atoms with Gasteiger partial charge in [-0.15, -0.1) is 0 Å². The average molecular weight is 135 g/mol. The lowest BCUT2D eigenvalue weighted by Crippen LogP contribution is -2.35. The van der Waals surface area contributed by atoms with Crippen LogP contribution in [0.4, 0.5) is 0 Å². The van der Waals surface area contributed by atoms with E-state index in [4.69, 9.17) is 14.0 Å². The maximum absolute atomic E-state index is 9.11. The molecule has 6 heteroatoms. The van der Waals surface area contributed by atoms with Crippen molar-refractivity contribution in [2.45, 2.75) is 0 Å². The smallest absolute Gasteiger partial charge is 0.451 e. The Kier molecular flexibility index (Phi) is 3.86. The van der Waals surface area contributed by atoms with Crippen molar-refractivity contribution in [3.05, 3.63) is 0 Å². The third-order valence-corrected chi connectivity index (χ3v) is 0.643. The van der Waals surface area contributed by atoms with E-state index in [0.717, 1.165) is 0 Å². The molecule has 0 aromatic carbocycles. The van der Waals surface area contributed by atoms with Crippen molar-refractivity contribution in [1.82, 2.24) is 0 Å². The maximum atomic E-state index is 9.11. The van der Waals surface area contributed by atoms with Crippen molar-refractivity contribution in [3.63, 3.8) is 0 Å². The Morgan fingerprint density at radius 3 is 2.00 bits per heavy atom. The Morgan fingerprint density at radius 2 is 2.00 bits per heavy atom. The van der Waals surface area contributed by atoms with Gasteiger partial charge in [0.05, 0.1) is 0 Å². The molecule has 0 fully saturated rings. The van der Waals surface area contributed by atoms with E-state index in [-0.39, 0.29) is 11.3 Å². The first-order valence-electron chi connectivity index (χ1n) is 0.772. The van der Waals surface area contributed by atoms with E-state index in [9.17, 15) is 0 Å². The van der Waals surface area contributed by atoms with Crippen molar-refractivity contribution in [1.29, 1.82) is 0 Å². The minimum Gasteiger partial charge on any atom is -0.497 e. The predicted molar refractivity (Wildman–Crippen MR) is 1.08 cm³/mol. The highest BCUT2D eigenvalue weighted by Crippen LogP contribution is 1.69. The Morgan fingerprint density at radius 1 is 1.50 bits per heavy atom. The number of rotatable bonds is 2. The van der Waals surface area contributed by atoms with Gasteiger partial charge in [-0.1, -0.05) is 0 Å². The lowest BCUT2D eigenvalue weighted by Gasteiger charge is -1.76. The summed E-state index contributed by atoms with van der Waals surface area (Å²) in [5.41, 5.74) is 0. The summed E-state index contributed by atoms with van der Waals surface area (Å²) in [6.07, 6.45) is 0. The molecule has 0 saturated heterocycles. The fourth-order valence-electron chi connectivity index (χ4n) is 0.0194. The predicted octanol–water partition coefficient (Wildman–Crippen LogP) is -3.64. The van der Waals surface area contributed by atoms with Gasteiger partial charge in [0.25, 0.3) is 0 Å². The molecule has 0 aromatic rings. The summed E-state index contributed by atoms with van der Waals surface area (Å²) in [5.74, 6) is 0. The normalized spacial score (nSPS) is 10.0. The first-order valence-corrected chi connectivity index (χ1v) is 2.31. The van der Waals surface area contributed by atoms with Crippen molar-refractivity contribution in [2.24, 2.45) is 0 Å². The first kappa shape index (κ1) is 6.42. The fourth-order valence-corrected chi connectivity index (χ4v) is 0.175. The van der Waals surface area contributed by atoms with Gasteiger partial charge in [-0.3, -0.25) is 0 Å². The van der Waals surface area contributed by atoms with Crippen LogP contribution in [0.15, 0.2) is 0 Å². The summed E-state index contributed by atoms with van der Waals surface area (Å²) < 4.78 is 30.4. The molecular formula is Cl2O4. The van der Waals surface area contributed by atoms with Crippen LogP contribution in [0.1, 0.15) is 0 Å². The molecule has 0 rings (SSSR count). The summed E-state index contributed by atoms with van der Waals surface area (Å²) in [4.78, 5) is 0. The molecule has 6 heavy (non-hydrogen) atoms. The Balaban J connectivity index is 2.63. The van der Waals surface area contributed by atoms with E-state index in [1.807, 2.05) is 0 Å². The van der Waals surface area contributed by atoms with E-state index < -0.39 is 10.8 Å². The third-order valence-electron chi connectivity index (χ3n) is 0.0714. The van der Waals surface area contributed by atoms with Gasteiger partial charge in [0.15, 0.2) is 0 Å². The molecular weight excluding hydrogens is 135 g/mol. The van der Waals surface area contributed by atoms with Crippen molar-refractivity contribution < 1.29 is 39.9 Å². The van der Waals surface area contributed by atoms with Crippen LogP contribution in [0.5, 0.6) is 0 Å². The lowest BCUT2D eigenvalue weighted by molar-refractivity contribution is -1.70. The molecule has 4 nitrogen and oxygen atoms in total. The molecule has 0 unspecified atom stereocenters. The lowest BCUT2D eigenvalue weighted by atomic mass is 15.8. The molecule has 0 amide bonds. The summed E-state index contributed by atoms with van der Waals surface area (Å²) in [6.45, 7) is 0. The Hall–Kier alpha value is 0.420. The van der Waals surface area contributed by atoms with Gasteiger partial charge in [0, 0.05) is 0 Å². The fraction of sp³-hybridized carbons (Fsp3) is 0. The Bertz CT molecular complexity index is 26.7. The third kappa shape index (κ3) is 4.42. The van der Waals surface area contributed by atoms with Crippen LogP contribution in [-0.4, -0.2) is 0 Å². The molecule has 0 saturated carbocycles. The van der Waals surface area contributed by atoms with Gasteiger partial charge in [-0.05, 0) is 0 Å². The highest BCUT2D eigenvalue weighted by Gasteiger charge is 2.13. The molecule has 0 aliphatic heterocycles. The zero-order chi connectivity index (χ0) is 4.99. The second-order valence-electron chi connectivity index (χ2n) is 0.310. The van der Waals surface area contributed by atoms with Crippen LogP contribution in [0, 0.1) is 22.1 Å². The molecule has 0 atom stereocenters. The largest absolute Gasteiger partial charge is 0.497 e. The topological polar surface area (TPSA) is 78.4 Å². The van der Waals surface area contributed by atoms with Crippen molar-refractivity contribution >= 4 is 0 Å². The van der Waals surface area contributed by atoms with Gasteiger partial charge >= 0.3 is 26.0 Å². The SMILES string of the molecule is [O-][Cl+]O[Cl+2]([O-])[O-]. The van der Waals surface area contributed by atoms with E-state index in [2.05, 4.69) is 3.84 Å². The van der Waals surface area contributed by atoms with Crippen LogP contribution >= 0.6 is 0 Å². The maximum Gasteiger partial charge on any atom is 0.451 e. The van der Waals surface area contributed by atoms with Gasteiger partial charge in [-0.2, -0.15) is 0 Å².